The summed E-state index contributed by atoms with van der Waals surface area (Å²) in [5.74, 6) is -1.40. The van der Waals surface area contributed by atoms with Crippen LogP contribution in [0.4, 0.5) is 10.1 Å². The van der Waals surface area contributed by atoms with Crippen molar-refractivity contribution in [1.29, 1.82) is 0 Å². The molecule has 3 rings (SSSR count). The van der Waals surface area contributed by atoms with Crippen molar-refractivity contribution in [2.24, 2.45) is 0 Å². The Bertz CT molecular complexity index is 936. The van der Waals surface area contributed by atoms with Crippen LogP contribution in [-0.4, -0.2) is 5.91 Å². The molecule has 0 aliphatic rings. The third-order valence-corrected chi connectivity index (χ3v) is 3.30. The first kappa shape index (κ1) is 14.3. The second kappa shape index (κ2) is 5.61. The van der Waals surface area contributed by atoms with Crippen molar-refractivity contribution in [3.8, 4) is 0 Å². The van der Waals surface area contributed by atoms with Gasteiger partial charge >= 0.3 is 5.63 Å². The van der Waals surface area contributed by atoms with E-state index in [9.17, 15) is 14.0 Å². The highest BCUT2D eigenvalue weighted by atomic mass is 35.5. The van der Waals surface area contributed by atoms with E-state index in [0.717, 1.165) is 6.07 Å². The van der Waals surface area contributed by atoms with Crippen LogP contribution in [0, 0.1) is 5.82 Å². The van der Waals surface area contributed by atoms with Crippen LogP contribution in [0.1, 0.15) is 10.4 Å². The fourth-order valence-corrected chi connectivity index (χ4v) is 2.20. The van der Waals surface area contributed by atoms with Gasteiger partial charge in [-0.05, 0) is 36.4 Å². The van der Waals surface area contributed by atoms with Gasteiger partial charge in [0.2, 0.25) is 0 Å². The van der Waals surface area contributed by atoms with Crippen molar-refractivity contribution in [2.45, 2.75) is 0 Å². The maximum Gasteiger partial charge on any atom is 0.360 e. The van der Waals surface area contributed by atoms with Gasteiger partial charge < -0.3 is 9.73 Å². The second-order valence-corrected chi connectivity index (χ2v) is 5.00. The van der Waals surface area contributed by atoms with Gasteiger partial charge in [-0.2, -0.15) is 0 Å². The van der Waals surface area contributed by atoms with E-state index in [1.807, 2.05) is 0 Å². The van der Waals surface area contributed by atoms with Gasteiger partial charge in [0.15, 0.2) is 0 Å². The van der Waals surface area contributed by atoms with Gasteiger partial charge in [0.05, 0.1) is 5.56 Å². The topological polar surface area (TPSA) is 59.3 Å². The Kier molecular flexibility index (Phi) is 3.65. The number of carbonyl (C=O) groups is 1. The zero-order valence-corrected chi connectivity index (χ0v) is 11.9. The van der Waals surface area contributed by atoms with Crippen molar-refractivity contribution in [3.05, 3.63) is 75.4 Å². The fraction of sp³-hybridized carbons (Fsp3) is 0. The molecule has 0 fully saturated rings. The molecule has 1 heterocycles. The molecule has 0 atom stereocenters. The number of amides is 1. The van der Waals surface area contributed by atoms with Crippen LogP contribution >= 0.6 is 11.6 Å². The Balaban J connectivity index is 2.00. The lowest BCUT2D eigenvalue weighted by Gasteiger charge is -2.06. The molecular weight excluding hydrogens is 309 g/mol. The molecule has 110 valence electrons. The Morgan fingerprint density at radius 2 is 1.91 bits per heavy atom. The van der Waals surface area contributed by atoms with E-state index in [1.165, 1.54) is 24.3 Å². The van der Waals surface area contributed by atoms with E-state index < -0.39 is 17.3 Å². The van der Waals surface area contributed by atoms with E-state index in [1.54, 1.807) is 18.2 Å². The van der Waals surface area contributed by atoms with Crippen LogP contribution in [0.3, 0.4) is 0 Å². The molecule has 0 aliphatic carbocycles. The summed E-state index contributed by atoms with van der Waals surface area (Å²) in [4.78, 5) is 23.9. The summed E-state index contributed by atoms with van der Waals surface area (Å²) in [6.07, 6.45) is 0. The molecule has 6 heteroatoms. The maximum absolute atomic E-state index is 13.6. The third-order valence-electron chi connectivity index (χ3n) is 3.06. The summed E-state index contributed by atoms with van der Waals surface area (Å²) in [6.45, 7) is 0. The smallest absolute Gasteiger partial charge is 0.360 e. The minimum Gasteiger partial charge on any atom is -0.421 e. The van der Waals surface area contributed by atoms with Crippen molar-refractivity contribution in [3.63, 3.8) is 0 Å². The zero-order chi connectivity index (χ0) is 15.7. The molecule has 1 amide bonds. The maximum atomic E-state index is 13.6. The highest BCUT2D eigenvalue weighted by molar-refractivity contribution is 6.31. The number of hydrogen-bond acceptors (Lipinski definition) is 3. The summed E-state index contributed by atoms with van der Waals surface area (Å²) < 4.78 is 18.7. The lowest BCUT2D eigenvalue weighted by Crippen LogP contribution is -2.18. The van der Waals surface area contributed by atoms with E-state index in [0.29, 0.717) is 16.0 Å². The first-order chi connectivity index (χ1) is 10.5. The van der Waals surface area contributed by atoms with Crippen LogP contribution in [0.2, 0.25) is 5.02 Å². The highest BCUT2D eigenvalue weighted by Crippen LogP contribution is 2.20. The predicted molar refractivity (Wildman–Crippen MR) is 81.8 cm³/mol. The number of benzene rings is 2. The minimum atomic E-state index is -0.730. The summed E-state index contributed by atoms with van der Waals surface area (Å²) in [5, 5.41) is 3.37. The van der Waals surface area contributed by atoms with Crippen molar-refractivity contribution < 1.29 is 13.6 Å². The lowest BCUT2D eigenvalue weighted by atomic mass is 10.2. The molecule has 22 heavy (non-hydrogen) atoms. The second-order valence-electron chi connectivity index (χ2n) is 4.56. The number of carbonyl (C=O) groups excluding carboxylic acids is 1. The number of nitrogens with one attached hydrogen (secondary N) is 1. The van der Waals surface area contributed by atoms with Crippen LogP contribution in [0.15, 0.2) is 57.7 Å². The molecule has 0 saturated heterocycles. The number of rotatable bonds is 2. The standard InChI is InChI=1S/C16H9ClFNO3/c17-10-5-6-14-9(7-10)8-13(16(21)22-14)19-15(20)11-3-1-2-4-12(11)18/h1-8H,(H,19,20). The molecule has 0 radical (unpaired) electrons. The summed E-state index contributed by atoms with van der Waals surface area (Å²) in [5.41, 5.74) is -0.617. The highest BCUT2D eigenvalue weighted by Gasteiger charge is 2.14. The molecule has 0 unspecified atom stereocenters. The Morgan fingerprint density at radius 1 is 1.14 bits per heavy atom. The molecule has 2 aromatic carbocycles. The van der Waals surface area contributed by atoms with Crippen molar-refractivity contribution in [2.75, 3.05) is 5.32 Å². The van der Waals surface area contributed by atoms with Gasteiger partial charge in [-0.15, -0.1) is 0 Å². The summed E-state index contributed by atoms with van der Waals surface area (Å²) in [7, 11) is 0. The van der Waals surface area contributed by atoms with E-state index in [-0.39, 0.29) is 11.3 Å². The normalized spacial score (nSPS) is 10.6. The molecular formula is C16H9ClFNO3. The molecule has 1 aromatic heterocycles. The fourth-order valence-electron chi connectivity index (χ4n) is 2.02. The number of fused-ring (bicyclic) bond motifs is 1. The monoisotopic (exact) mass is 317 g/mol. The van der Waals surface area contributed by atoms with E-state index >= 15 is 0 Å². The van der Waals surface area contributed by atoms with Gasteiger partial charge in [0, 0.05) is 10.4 Å². The minimum absolute atomic E-state index is 0.0805. The van der Waals surface area contributed by atoms with Gasteiger partial charge in [0.25, 0.3) is 5.91 Å². The quantitative estimate of drug-likeness (QED) is 0.731. The molecule has 0 saturated carbocycles. The first-order valence-electron chi connectivity index (χ1n) is 6.34. The number of hydrogen-bond donors (Lipinski definition) is 1. The SMILES string of the molecule is O=C(Nc1cc2cc(Cl)ccc2oc1=O)c1ccccc1F. The molecule has 0 spiro atoms. The Labute approximate surface area is 129 Å². The van der Waals surface area contributed by atoms with Crippen LogP contribution in [0.25, 0.3) is 11.0 Å². The Hall–Kier alpha value is -2.66. The largest absolute Gasteiger partial charge is 0.421 e. The van der Waals surface area contributed by atoms with Gasteiger partial charge in [0.1, 0.15) is 17.1 Å². The number of anilines is 1. The summed E-state index contributed by atoms with van der Waals surface area (Å²) >= 11 is 5.88. The molecule has 3 aromatic rings. The molecule has 0 bridgehead atoms. The van der Waals surface area contributed by atoms with Crippen LogP contribution in [-0.2, 0) is 0 Å². The molecule has 0 aliphatic heterocycles. The summed E-state index contributed by atoms with van der Waals surface area (Å²) in [6, 6.07) is 11.7. The Morgan fingerprint density at radius 3 is 2.68 bits per heavy atom. The van der Waals surface area contributed by atoms with E-state index in [2.05, 4.69) is 5.32 Å². The van der Waals surface area contributed by atoms with Gasteiger partial charge in [-0.3, -0.25) is 4.79 Å². The average molecular weight is 318 g/mol. The van der Waals surface area contributed by atoms with Crippen LogP contribution < -0.4 is 10.9 Å². The number of halogens is 2. The molecule has 4 nitrogen and oxygen atoms in total. The van der Waals surface area contributed by atoms with Gasteiger partial charge in [-0.25, -0.2) is 9.18 Å². The lowest BCUT2D eigenvalue weighted by molar-refractivity contribution is 0.102. The van der Waals surface area contributed by atoms with Crippen LogP contribution in [0.5, 0.6) is 0 Å². The van der Waals surface area contributed by atoms with E-state index in [4.69, 9.17) is 16.0 Å². The van der Waals surface area contributed by atoms with Gasteiger partial charge in [-0.1, -0.05) is 23.7 Å². The predicted octanol–water partition coefficient (Wildman–Crippen LogP) is 3.84. The zero-order valence-electron chi connectivity index (χ0n) is 11.1. The van der Waals surface area contributed by atoms with Crippen molar-refractivity contribution in [1.82, 2.24) is 0 Å². The molecule has 1 N–H and O–H groups in total. The average Bonchev–Trinajstić information content (AvgIpc) is 2.49. The third kappa shape index (κ3) is 2.71. The van der Waals surface area contributed by atoms with Crippen molar-refractivity contribution >= 4 is 34.2 Å². The first-order valence-corrected chi connectivity index (χ1v) is 6.72.